The summed E-state index contributed by atoms with van der Waals surface area (Å²) in [7, 11) is 0. The van der Waals surface area contributed by atoms with Crippen LogP contribution >= 0.6 is 0 Å². The molecule has 2 atom stereocenters. The molecule has 1 heterocycles. The van der Waals surface area contributed by atoms with Crippen molar-refractivity contribution in [2.24, 2.45) is 0 Å². The summed E-state index contributed by atoms with van der Waals surface area (Å²) in [5, 5.41) is 2.44. The predicted octanol–water partition coefficient (Wildman–Crippen LogP) is 13.7. The molecule has 0 aromatic heterocycles. The number of fused-ring (bicyclic) bond motifs is 4. The first kappa shape index (κ1) is 35.0. The molecule has 0 saturated heterocycles. The van der Waals surface area contributed by atoms with Gasteiger partial charge in [-0.05, 0) is 109 Å². The van der Waals surface area contributed by atoms with Gasteiger partial charge in [0.1, 0.15) is 0 Å². The first-order valence-electron chi connectivity index (χ1n) is 19.1. The third kappa shape index (κ3) is 6.34. The normalized spacial score (nSPS) is 18.3. The van der Waals surface area contributed by atoms with Gasteiger partial charge in [0.05, 0.1) is 11.2 Å². The highest BCUT2D eigenvalue weighted by Crippen LogP contribution is 2.55. The van der Waals surface area contributed by atoms with Crippen molar-refractivity contribution in [3.8, 4) is 0 Å². The van der Waals surface area contributed by atoms with Crippen LogP contribution in [-0.4, -0.2) is 5.54 Å². The lowest BCUT2D eigenvalue weighted by atomic mass is 9.77. The molecule has 54 heavy (non-hydrogen) atoms. The summed E-state index contributed by atoms with van der Waals surface area (Å²) in [4.78, 5) is 7.32. The lowest BCUT2D eigenvalue weighted by molar-refractivity contribution is 0.537. The minimum absolute atomic E-state index is 0.0363. The maximum Gasteiger partial charge on any atom is 0.0713 e. The van der Waals surface area contributed by atoms with Gasteiger partial charge in [-0.1, -0.05) is 136 Å². The third-order valence-electron chi connectivity index (χ3n) is 11.1. The number of benzene rings is 6. The molecule has 1 aliphatic carbocycles. The van der Waals surface area contributed by atoms with E-state index in [9.17, 15) is 0 Å². The summed E-state index contributed by atoms with van der Waals surface area (Å²) in [6, 6.07) is 54.6. The van der Waals surface area contributed by atoms with E-state index < -0.39 is 0 Å². The average molecular weight is 704 g/mol. The summed E-state index contributed by atoms with van der Waals surface area (Å²) in [5.41, 5.74) is 11.8. The molecule has 1 aliphatic heterocycles. The van der Waals surface area contributed by atoms with E-state index in [1.165, 1.54) is 39.0 Å². The fraction of sp³-hybridized carbons (Fsp3) is 0.176. The Morgan fingerprint density at radius 2 is 1.22 bits per heavy atom. The highest BCUT2D eigenvalue weighted by Gasteiger charge is 2.48. The number of hydrogen-bond acceptors (Lipinski definition) is 3. The number of nitrogens with zero attached hydrogens (tertiary/aromatic N) is 3. The van der Waals surface area contributed by atoms with E-state index >= 15 is 0 Å². The first-order valence-corrected chi connectivity index (χ1v) is 19.1. The van der Waals surface area contributed by atoms with E-state index in [0.29, 0.717) is 0 Å². The Morgan fingerprint density at radius 1 is 0.648 bits per heavy atom. The van der Waals surface area contributed by atoms with Crippen LogP contribution in [-0.2, 0) is 5.41 Å². The van der Waals surface area contributed by atoms with Gasteiger partial charge in [-0.15, -0.1) is 0 Å². The summed E-state index contributed by atoms with van der Waals surface area (Å²) in [6.07, 6.45) is 11.8. The molecule has 0 radical (unpaired) electrons. The van der Waals surface area contributed by atoms with E-state index in [4.69, 9.17) is 0 Å². The van der Waals surface area contributed by atoms with Gasteiger partial charge in [0, 0.05) is 51.1 Å². The molecular weight excluding hydrogens is 655 g/mol. The Kier molecular flexibility index (Phi) is 9.11. The predicted molar refractivity (Wildman–Crippen MR) is 231 cm³/mol. The second kappa shape index (κ2) is 14.1. The van der Waals surface area contributed by atoms with E-state index in [-0.39, 0.29) is 16.9 Å². The smallest absolute Gasteiger partial charge is 0.0713 e. The maximum absolute atomic E-state index is 2.54. The van der Waals surface area contributed by atoms with Crippen LogP contribution in [0.4, 0.5) is 28.4 Å². The van der Waals surface area contributed by atoms with Crippen LogP contribution in [0.1, 0.15) is 58.6 Å². The van der Waals surface area contributed by atoms with E-state index in [0.717, 1.165) is 28.5 Å². The molecule has 6 aromatic rings. The highest BCUT2D eigenvalue weighted by atomic mass is 15.2. The van der Waals surface area contributed by atoms with E-state index in [1.54, 1.807) is 0 Å². The Hall–Kier alpha value is -6.06. The first-order chi connectivity index (χ1) is 26.1. The van der Waals surface area contributed by atoms with Crippen molar-refractivity contribution >= 4 is 39.2 Å². The zero-order valence-corrected chi connectivity index (χ0v) is 32.2. The number of hydrogen-bond donors (Lipinski definition) is 0. The molecule has 3 heteroatoms. The van der Waals surface area contributed by atoms with Crippen molar-refractivity contribution in [3.63, 3.8) is 0 Å². The van der Waals surface area contributed by atoms with Gasteiger partial charge in [-0.3, -0.25) is 0 Å². The fourth-order valence-electron chi connectivity index (χ4n) is 8.28. The zero-order chi connectivity index (χ0) is 37.5. The average Bonchev–Trinajstić information content (AvgIpc) is 3.45. The van der Waals surface area contributed by atoms with Crippen molar-refractivity contribution < 1.29 is 0 Å². The van der Waals surface area contributed by atoms with Crippen LogP contribution in [0.5, 0.6) is 0 Å². The minimum atomic E-state index is -0.284. The summed E-state index contributed by atoms with van der Waals surface area (Å²) in [5.74, 6) is 0.129. The highest BCUT2D eigenvalue weighted by molar-refractivity contribution is 5.96. The molecule has 8 rings (SSSR count). The second-order valence-electron chi connectivity index (χ2n) is 15.8. The molecule has 2 aliphatic rings. The molecule has 0 bridgehead atoms. The lowest BCUT2D eigenvalue weighted by Gasteiger charge is -2.41. The van der Waals surface area contributed by atoms with Gasteiger partial charge in [-0.25, -0.2) is 0 Å². The number of allylic oxidation sites excluding steroid dienone is 5. The molecule has 0 saturated carbocycles. The van der Waals surface area contributed by atoms with Crippen molar-refractivity contribution in [3.05, 3.63) is 210 Å². The molecule has 0 spiro atoms. The Balaban J connectivity index is 1.28. The third-order valence-corrected chi connectivity index (χ3v) is 11.1. The Morgan fingerprint density at radius 3 is 1.87 bits per heavy atom. The monoisotopic (exact) mass is 703 g/mol. The van der Waals surface area contributed by atoms with Gasteiger partial charge in [0.15, 0.2) is 0 Å². The summed E-state index contributed by atoms with van der Waals surface area (Å²) >= 11 is 0. The van der Waals surface area contributed by atoms with Crippen LogP contribution < -0.4 is 14.7 Å². The molecule has 0 amide bonds. The molecular formula is C51H49N3. The van der Waals surface area contributed by atoms with Gasteiger partial charge < -0.3 is 14.7 Å². The Bertz CT molecular complexity index is 2370. The minimum Gasteiger partial charge on any atom is -0.331 e. The van der Waals surface area contributed by atoms with Crippen molar-refractivity contribution in [1.82, 2.24) is 0 Å². The molecule has 268 valence electrons. The topological polar surface area (TPSA) is 9.72 Å². The second-order valence-corrected chi connectivity index (χ2v) is 15.8. The largest absolute Gasteiger partial charge is 0.331 e. The molecule has 6 aromatic carbocycles. The Labute approximate surface area is 321 Å². The van der Waals surface area contributed by atoms with Crippen LogP contribution in [0, 0.1) is 0 Å². The molecule has 3 nitrogen and oxygen atoms in total. The van der Waals surface area contributed by atoms with Crippen LogP contribution in [0.15, 0.2) is 199 Å². The van der Waals surface area contributed by atoms with E-state index in [1.807, 2.05) is 0 Å². The van der Waals surface area contributed by atoms with Crippen molar-refractivity contribution in [1.29, 1.82) is 0 Å². The standard InChI is InChI=1S/C51H49N3/c1-37(52(41-21-10-7-11-22-41)42-23-12-8-13-24-42)29-30-38(2)53(48-28-18-20-39-19-16-17-27-45(39)48)44-33-34-51(6)47(36-44)46-35-40(50(3,4)5)31-32-49(46)54(51)43-25-14-9-15-26-43/h7-36,47H,1-6H3/b37-29+,38-30+. The van der Waals surface area contributed by atoms with Gasteiger partial charge in [0.2, 0.25) is 0 Å². The van der Waals surface area contributed by atoms with Crippen molar-refractivity contribution in [2.75, 3.05) is 14.7 Å². The fourth-order valence-corrected chi connectivity index (χ4v) is 8.28. The van der Waals surface area contributed by atoms with Gasteiger partial charge in [0.25, 0.3) is 0 Å². The zero-order valence-electron chi connectivity index (χ0n) is 32.2. The summed E-state index contributed by atoms with van der Waals surface area (Å²) < 4.78 is 0. The molecule has 0 N–H and O–H groups in total. The number of anilines is 5. The summed E-state index contributed by atoms with van der Waals surface area (Å²) in [6.45, 7) is 13.7. The number of para-hydroxylation sites is 3. The lowest BCUT2D eigenvalue weighted by Crippen LogP contribution is -2.43. The van der Waals surface area contributed by atoms with Gasteiger partial charge >= 0.3 is 0 Å². The van der Waals surface area contributed by atoms with Crippen LogP contribution in [0.3, 0.4) is 0 Å². The quantitative estimate of drug-likeness (QED) is 0.146. The molecule has 0 fully saturated rings. The number of rotatable bonds is 8. The van der Waals surface area contributed by atoms with Crippen LogP contribution in [0.25, 0.3) is 10.8 Å². The SMILES string of the molecule is C/C(=C\C=C(/C)N(c1ccccc1)c1ccccc1)N(C1=CC2c3cc(C(C)(C)C)ccc3N(c3ccccc3)C2(C)C=C1)c1cccc2ccccc12. The maximum atomic E-state index is 2.54. The van der Waals surface area contributed by atoms with E-state index in [2.05, 4.69) is 238 Å². The van der Waals surface area contributed by atoms with Crippen molar-refractivity contribution in [2.45, 2.75) is 58.4 Å². The molecule has 2 unspecified atom stereocenters. The van der Waals surface area contributed by atoms with Gasteiger partial charge in [-0.2, -0.15) is 0 Å². The van der Waals surface area contributed by atoms with Crippen LogP contribution in [0.2, 0.25) is 0 Å².